The number of nitrogens with one attached hydrogen (secondary N) is 1. The van der Waals surface area contributed by atoms with Gasteiger partial charge in [-0.1, -0.05) is 15.9 Å². The van der Waals surface area contributed by atoms with Crippen LogP contribution >= 0.6 is 31.9 Å². The standard InChI is InChI=1S/C11H10Br2F3NO2S/c1-6-4-8(13)9(5-7(6)12)20(18,19)17-10(2-3-10)11(14,15)16/h4-5,17H,2-3H2,1H3. The molecule has 0 unspecified atom stereocenters. The summed E-state index contributed by atoms with van der Waals surface area (Å²) in [6.45, 7) is 1.75. The minimum Gasteiger partial charge on any atom is -0.207 e. The molecule has 1 aliphatic rings. The Labute approximate surface area is 131 Å². The van der Waals surface area contributed by atoms with Crippen molar-refractivity contribution in [2.24, 2.45) is 0 Å². The van der Waals surface area contributed by atoms with Gasteiger partial charge in [0.1, 0.15) is 5.54 Å². The zero-order valence-corrected chi connectivity index (χ0v) is 14.2. The first-order valence-electron chi connectivity index (χ1n) is 5.55. The van der Waals surface area contributed by atoms with Crippen molar-refractivity contribution in [3.8, 4) is 0 Å². The highest BCUT2D eigenvalue weighted by molar-refractivity contribution is 9.11. The van der Waals surface area contributed by atoms with E-state index >= 15 is 0 Å². The molecule has 0 radical (unpaired) electrons. The Morgan fingerprint density at radius 2 is 1.75 bits per heavy atom. The van der Waals surface area contributed by atoms with Gasteiger partial charge in [-0.05, 0) is 53.4 Å². The van der Waals surface area contributed by atoms with Gasteiger partial charge in [0.05, 0.1) is 4.90 Å². The topological polar surface area (TPSA) is 46.2 Å². The molecular formula is C11H10Br2F3NO2S. The average Bonchev–Trinajstić information content (AvgIpc) is 3.02. The van der Waals surface area contributed by atoms with E-state index in [-0.39, 0.29) is 22.2 Å². The summed E-state index contributed by atoms with van der Waals surface area (Å²) < 4.78 is 65.3. The molecular weight excluding hydrogens is 427 g/mol. The Morgan fingerprint density at radius 1 is 1.20 bits per heavy atom. The van der Waals surface area contributed by atoms with E-state index in [0.717, 1.165) is 5.56 Å². The lowest BCUT2D eigenvalue weighted by molar-refractivity contribution is -0.160. The van der Waals surface area contributed by atoms with Gasteiger partial charge in [0.2, 0.25) is 10.0 Å². The van der Waals surface area contributed by atoms with Gasteiger partial charge in [-0.15, -0.1) is 0 Å². The second kappa shape index (κ2) is 4.96. The number of alkyl halides is 3. The Bertz CT molecular complexity index is 654. The van der Waals surface area contributed by atoms with Crippen LogP contribution in [0.1, 0.15) is 18.4 Å². The second-order valence-electron chi connectivity index (χ2n) is 4.72. The van der Waals surface area contributed by atoms with Crippen LogP contribution < -0.4 is 4.72 Å². The number of hydrogen-bond donors (Lipinski definition) is 1. The molecule has 1 aromatic rings. The van der Waals surface area contributed by atoms with Crippen LogP contribution in [0.3, 0.4) is 0 Å². The number of rotatable bonds is 3. The summed E-state index contributed by atoms with van der Waals surface area (Å²) >= 11 is 6.25. The average molecular weight is 437 g/mol. The lowest BCUT2D eigenvalue weighted by Crippen LogP contribution is -2.47. The van der Waals surface area contributed by atoms with E-state index in [0.29, 0.717) is 4.47 Å². The molecule has 0 bridgehead atoms. The molecule has 1 N–H and O–H groups in total. The maximum atomic E-state index is 12.8. The van der Waals surface area contributed by atoms with Crippen molar-refractivity contribution in [3.63, 3.8) is 0 Å². The molecule has 1 aliphatic carbocycles. The summed E-state index contributed by atoms with van der Waals surface area (Å²) in [7, 11) is -4.26. The smallest absolute Gasteiger partial charge is 0.207 e. The fourth-order valence-electron chi connectivity index (χ4n) is 1.71. The molecule has 0 saturated heterocycles. The molecule has 20 heavy (non-hydrogen) atoms. The fourth-order valence-corrected chi connectivity index (χ4v) is 4.84. The van der Waals surface area contributed by atoms with Gasteiger partial charge < -0.3 is 0 Å². The van der Waals surface area contributed by atoms with Gasteiger partial charge in [0.25, 0.3) is 0 Å². The maximum Gasteiger partial charge on any atom is 0.407 e. The third-order valence-corrected chi connectivity index (χ3v) is 6.47. The Balaban J connectivity index is 2.40. The molecule has 0 heterocycles. The molecule has 3 nitrogen and oxygen atoms in total. The summed E-state index contributed by atoms with van der Waals surface area (Å²) in [5.74, 6) is 0. The van der Waals surface area contributed by atoms with Crippen molar-refractivity contribution >= 4 is 41.9 Å². The van der Waals surface area contributed by atoms with Crippen LogP contribution in [0, 0.1) is 6.92 Å². The lowest BCUT2D eigenvalue weighted by atomic mass is 10.2. The van der Waals surface area contributed by atoms with Gasteiger partial charge in [-0.2, -0.15) is 17.9 Å². The number of benzene rings is 1. The van der Waals surface area contributed by atoms with Crippen LogP contribution in [0.2, 0.25) is 0 Å². The largest absolute Gasteiger partial charge is 0.407 e. The minimum atomic E-state index is -4.59. The van der Waals surface area contributed by atoms with Crippen molar-refractivity contribution < 1.29 is 21.6 Å². The van der Waals surface area contributed by atoms with Crippen molar-refractivity contribution in [1.82, 2.24) is 4.72 Å². The molecule has 1 saturated carbocycles. The maximum absolute atomic E-state index is 12.8. The van der Waals surface area contributed by atoms with E-state index in [2.05, 4.69) is 31.9 Å². The molecule has 0 aliphatic heterocycles. The van der Waals surface area contributed by atoms with Crippen LogP contribution in [0.5, 0.6) is 0 Å². The lowest BCUT2D eigenvalue weighted by Gasteiger charge is -2.21. The monoisotopic (exact) mass is 435 g/mol. The Morgan fingerprint density at radius 3 is 2.20 bits per heavy atom. The van der Waals surface area contributed by atoms with Crippen molar-refractivity contribution in [2.75, 3.05) is 0 Å². The van der Waals surface area contributed by atoms with E-state index in [1.54, 1.807) is 11.6 Å². The van der Waals surface area contributed by atoms with Gasteiger partial charge in [0.15, 0.2) is 0 Å². The van der Waals surface area contributed by atoms with E-state index in [1.165, 1.54) is 12.1 Å². The van der Waals surface area contributed by atoms with Gasteiger partial charge in [-0.25, -0.2) is 8.42 Å². The van der Waals surface area contributed by atoms with Crippen molar-refractivity contribution in [1.29, 1.82) is 0 Å². The van der Waals surface area contributed by atoms with Crippen molar-refractivity contribution in [3.05, 3.63) is 26.6 Å². The number of halogens is 5. The third-order valence-electron chi connectivity index (χ3n) is 3.13. The first-order chi connectivity index (χ1) is 8.98. The van der Waals surface area contributed by atoms with Gasteiger partial charge in [0, 0.05) is 8.95 Å². The molecule has 0 atom stereocenters. The molecule has 0 aromatic heterocycles. The van der Waals surface area contributed by atoms with Crippen LogP contribution in [0.25, 0.3) is 0 Å². The summed E-state index contributed by atoms with van der Waals surface area (Å²) in [4.78, 5) is -0.217. The molecule has 1 aromatic carbocycles. The minimum absolute atomic E-state index is 0.217. The highest BCUT2D eigenvalue weighted by Gasteiger charge is 2.65. The fraction of sp³-hybridized carbons (Fsp3) is 0.455. The SMILES string of the molecule is Cc1cc(Br)c(S(=O)(=O)NC2(C(F)(F)F)CC2)cc1Br. The highest BCUT2D eigenvalue weighted by Crippen LogP contribution is 2.50. The van der Waals surface area contributed by atoms with Crippen molar-refractivity contribution in [2.45, 2.75) is 36.4 Å². The summed E-state index contributed by atoms with van der Waals surface area (Å²) in [5.41, 5.74) is -1.55. The number of sulfonamides is 1. The Hall–Kier alpha value is -0.120. The molecule has 0 spiro atoms. The predicted molar refractivity (Wildman–Crippen MR) is 74.9 cm³/mol. The Kier molecular flexibility index (Phi) is 4.03. The van der Waals surface area contributed by atoms with Gasteiger partial charge >= 0.3 is 6.18 Å². The van der Waals surface area contributed by atoms with E-state index in [1.807, 2.05) is 0 Å². The molecule has 112 valence electrons. The number of hydrogen-bond acceptors (Lipinski definition) is 2. The zero-order valence-electron chi connectivity index (χ0n) is 10.2. The van der Waals surface area contributed by atoms with E-state index < -0.39 is 21.7 Å². The summed E-state index contributed by atoms with van der Waals surface area (Å²) in [6, 6.07) is 2.82. The molecule has 0 amide bonds. The first kappa shape index (κ1) is 16.3. The first-order valence-corrected chi connectivity index (χ1v) is 8.62. The van der Waals surface area contributed by atoms with Crippen LogP contribution in [0.4, 0.5) is 13.2 Å². The number of aryl methyl sites for hydroxylation is 1. The van der Waals surface area contributed by atoms with E-state index in [4.69, 9.17) is 0 Å². The van der Waals surface area contributed by atoms with Crippen LogP contribution in [-0.2, 0) is 10.0 Å². The molecule has 9 heteroatoms. The molecule has 1 fully saturated rings. The third kappa shape index (κ3) is 2.90. The predicted octanol–water partition coefficient (Wildman–Crippen LogP) is 3.89. The highest BCUT2D eigenvalue weighted by atomic mass is 79.9. The second-order valence-corrected chi connectivity index (χ2v) is 8.08. The van der Waals surface area contributed by atoms with Crippen LogP contribution in [0.15, 0.2) is 26.0 Å². The summed E-state index contributed by atoms with van der Waals surface area (Å²) in [5, 5.41) is 0. The van der Waals surface area contributed by atoms with Crippen LogP contribution in [-0.4, -0.2) is 20.1 Å². The quantitative estimate of drug-likeness (QED) is 0.781. The normalized spacial score (nSPS) is 18.1. The molecule has 2 rings (SSSR count). The summed E-state index contributed by atoms with van der Waals surface area (Å²) in [6.07, 6.45) is -5.06. The zero-order chi connectivity index (χ0) is 15.3. The van der Waals surface area contributed by atoms with E-state index in [9.17, 15) is 21.6 Å². The van der Waals surface area contributed by atoms with Gasteiger partial charge in [-0.3, -0.25) is 0 Å².